The molecule has 0 fully saturated rings. The Hall–Kier alpha value is -3.93. The number of amides is 1. The van der Waals surface area contributed by atoms with Gasteiger partial charge in [0.1, 0.15) is 5.75 Å². The molecule has 3 aromatic rings. The van der Waals surface area contributed by atoms with Crippen LogP contribution in [0.1, 0.15) is 41.2 Å². The van der Waals surface area contributed by atoms with E-state index in [1.54, 1.807) is 0 Å². The third-order valence-electron chi connectivity index (χ3n) is 7.21. The van der Waals surface area contributed by atoms with Crippen molar-refractivity contribution in [2.24, 2.45) is 10.1 Å². The average Bonchev–Trinajstić information content (AvgIpc) is 3.41. The Kier molecular flexibility index (Phi) is 12.2. The molecule has 0 spiro atoms. The molecule has 1 heterocycles. The van der Waals surface area contributed by atoms with E-state index in [-0.39, 0.29) is 25.5 Å². The SMILES string of the molecule is CN(C)CCCNNC(=O)[C@@]1(Cc2ccccc2CN=[N+]=[N-])N=C(c2ccc(OCCCO)cc2)O[C@H]1c1ccccc1Br. The number of carbonyl (C=O) groups is 1. The Morgan fingerprint density at radius 3 is 2.55 bits per heavy atom. The molecule has 1 amide bonds. The van der Waals surface area contributed by atoms with Gasteiger partial charge in [-0.25, -0.2) is 10.4 Å². The molecule has 44 heavy (non-hydrogen) atoms. The number of nitrogens with one attached hydrogen (secondary N) is 2. The topological polar surface area (TPSA) is 144 Å². The van der Waals surface area contributed by atoms with Crippen molar-refractivity contribution in [3.05, 3.63) is 110 Å². The molecule has 12 heteroatoms. The van der Waals surface area contributed by atoms with Gasteiger partial charge in [0.05, 0.1) is 13.2 Å². The second-order valence-electron chi connectivity index (χ2n) is 10.7. The molecule has 3 N–H and O–H groups in total. The molecule has 2 atom stereocenters. The minimum atomic E-state index is -1.42. The van der Waals surface area contributed by atoms with Crippen molar-refractivity contribution in [2.75, 3.05) is 40.4 Å². The summed E-state index contributed by atoms with van der Waals surface area (Å²) < 4.78 is 13.1. The summed E-state index contributed by atoms with van der Waals surface area (Å²) in [6.45, 7) is 2.03. The maximum absolute atomic E-state index is 14.4. The summed E-state index contributed by atoms with van der Waals surface area (Å²) >= 11 is 3.67. The smallest absolute Gasteiger partial charge is 0.266 e. The van der Waals surface area contributed by atoms with Gasteiger partial charge in [-0.2, -0.15) is 0 Å². The molecular weight excluding hydrogens is 626 g/mol. The monoisotopic (exact) mass is 663 g/mol. The first-order valence-electron chi connectivity index (χ1n) is 14.5. The van der Waals surface area contributed by atoms with Crippen molar-refractivity contribution < 1.29 is 19.4 Å². The van der Waals surface area contributed by atoms with Crippen molar-refractivity contribution in [1.82, 2.24) is 15.8 Å². The molecule has 3 aromatic carbocycles. The molecule has 0 aromatic heterocycles. The first-order chi connectivity index (χ1) is 21.4. The largest absolute Gasteiger partial charge is 0.494 e. The molecular formula is C32H38BrN7O4. The number of hydrogen-bond donors (Lipinski definition) is 3. The summed E-state index contributed by atoms with van der Waals surface area (Å²) in [5.41, 5.74) is 16.7. The Morgan fingerprint density at radius 1 is 1.11 bits per heavy atom. The molecule has 0 radical (unpaired) electrons. The van der Waals surface area contributed by atoms with Crippen LogP contribution in [0.3, 0.4) is 0 Å². The van der Waals surface area contributed by atoms with Gasteiger partial charge >= 0.3 is 0 Å². The van der Waals surface area contributed by atoms with Crippen molar-refractivity contribution in [2.45, 2.75) is 37.5 Å². The fourth-order valence-corrected chi connectivity index (χ4v) is 5.46. The highest BCUT2D eigenvalue weighted by atomic mass is 79.9. The van der Waals surface area contributed by atoms with Gasteiger partial charge in [-0.15, -0.1) is 0 Å². The highest BCUT2D eigenvalue weighted by Gasteiger charge is 2.54. The lowest BCUT2D eigenvalue weighted by atomic mass is 9.81. The fourth-order valence-electron chi connectivity index (χ4n) is 4.96. The molecule has 0 saturated heterocycles. The lowest BCUT2D eigenvalue weighted by Crippen LogP contribution is -2.54. The number of hydrazine groups is 1. The number of hydrogen-bond acceptors (Lipinski definition) is 8. The van der Waals surface area contributed by atoms with Gasteiger partial charge in [0.15, 0.2) is 11.6 Å². The quantitative estimate of drug-likeness (QED) is 0.0640. The van der Waals surface area contributed by atoms with Gasteiger partial charge in [0.2, 0.25) is 5.90 Å². The molecule has 1 aliphatic heterocycles. The zero-order valence-corrected chi connectivity index (χ0v) is 26.5. The molecule has 0 saturated carbocycles. The summed E-state index contributed by atoms with van der Waals surface area (Å²) in [7, 11) is 4.01. The van der Waals surface area contributed by atoms with Crippen LogP contribution in [0.25, 0.3) is 10.4 Å². The van der Waals surface area contributed by atoms with Gasteiger partial charge in [0, 0.05) is 46.5 Å². The van der Waals surface area contributed by atoms with Gasteiger partial charge in [-0.3, -0.25) is 10.2 Å². The van der Waals surface area contributed by atoms with Crippen molar-refractivity contribution in [3.8, 4) is 5.75 Å². The summed E-state index contributed by atoms with van der Waals surface area (Å²) in [5.74, 6) is 0.629. The van der Waals surface area contributed by atoms with E-state index in [1.807, 2.05) is 86.9 Å². The number of halogens is 1. The highest BCUT2D eigenvalue weighted by Crippen LogP contribution is 2.45. The number of ether oxygens (including phenoxy) is 2. The van der Waals surface area contributed by atoms with Crippen LogP contribution in [-0.2, 0) is 22.5 Å². The Morgan fingerprint density at radius 2 is 1.84 bits per heavy atom. The maximum Gasteiger partial charge on any atom is 0.266 e. The lowest BCUT2D eigenvalue weighted by Gasteiger charge is -2.32. The highest BCUT2D eigenvalue weighted by molar-refractivity contribution is 9.10. The van der Waals surface area contributed by atoms with Crippen LogP contribution in [0.15, 0.2) is 87.4 Å². The fraction of sp³-hybridized carbons (Fsp3) is 0.375. The summed E-state index contributed by atoms with van der Waals surface area (Å²) in [5, 5.41) is 12.8. The predicted octanol–water partition coefficient (Wildman–Crippen LogP) is 5.09. The standard InChI is InChI=1S/C32H38BrN7O4/c1-40(2)18-7-17-35-38-31(42)32(21-24-9-3-4-10-25(24)22-36-39-34)29(27-11-5-6-12-28(27)33)44-30(37-32)23-13-15-26(16-14-23)43-20-8-19-41/h3-6,9-16,29,35,41H,7-8,17-22H2,1-2H3,(H,38,42)/t29-,32-/m0/s1. The Balaban J connectivity index is 1.77. The number of aliphatic imine (C=N–C) groups is 1. The number of aliphatic hydroxyl groups is 1. The molecule has 11 nitrogen and oxygen atoms in total. The summed E-state index contributed by atoms with van der Waals surface area (Å²) in [4.78, 5) is 24.4. The van der Waals surface area contributed by atoms with E-state index >= 15 is 0 Å². The second kappa shape index (κ2) is 16.2. The van der Waals surface area contributed by atoms with E-state index in [0.29, 0.717) is 36.8 Å². The minimum absolute atomic E-state index is 0.0554. The van der Waals surface area contributed by atoms with E-state index in [9.17, 15) is 4.79 Å². The molecule has 4 rings (SSSR count). The molecule has 0 unspecified atom stereocenters. The molecule has 0 aliphatic carbocycles. The zero-order chi connectivity index (χ0) is 31.4. The van der Waals surface area contributed by atoms with E-state index in [4.69, 9.17) is 25.1 Å². The predicted molar refractivity (Wildman–Crippen MR) is 173 cm³/mol. The second-order valence-corrected chi connectivity index (χ2v) is 11.5. The Labute approximate surface area is 266 Å². The van der Waals surface area contributed by atoms with Crippen LogP contribution >= 0.6 is 15.9 Å². The first kappa shape index (κ1) is 33.0. The Bertz CT molecular complexity index is 1480. The van der Waals surface area contributed by atoms with Gasteiger partial charge in [-0.05, 0) is 74.1 Å². The maximum atomic E-state index is 14.4. The van der Waals surface area contributed by atoms with Crippen molar-refractivity contribution >= 4 is 27.7 Å². The number of aliphatic hydroxyl groups excluding tert-OH is 1. The number of carbonyl (C=O) groups excluding carboxylic acids is 1. The van der Waals surface area contributed by atoms with E-state index < -0.39 is 11.6 Å². The van der Waals surface area contributed by atoms with Gasteiger partial charge in [0.25, 0.3) is 5.91 Å². The van der Waals surface area contributed by atoms with Crippen LogP contribution in [0.5, 0.6) is 5.75 Å². The van der Waals surface area contributed by atoms with Crippen LogP contribution in [0, 0.1) is 0 Å². The van der Waals surface area contributed by atoms with Crippen LogP contribution in [0.2, 0.25) is 0 Å². The van der Waals surface area contributed by atoms with Crippen molar-refractivity contribution in [3.63, 3.8) is 0 Å². The minimum Gasteiger partial charge on any atom is -0.494 e. The van der Waals surface area contributed by atoms with Gasteiger partial charge < -0.3 is 19.5 Å². The van der Waals surface area contributed by atoms with Crippen LogP contribution in [-0.4, -0.2) is 67.7 Å². The number of benzene rings is 3. The number of azide groups is 1. The molecule has 232 valence electrons. The third kappa shape index (κ3) is 8.37. The van der Waals surface area contributed by atoms with Crippen LogP contribution in [0.4, 0.5) is 0 Å². The lowest BCUT2D eigenvalue weighted by molar-refractivity contribution is -0.130. The summed E-state index contributed by atoms with van der Waals surface area (Å²) in [6.07, 6.45) is 0.769. The van der Waals surface area contributed by atoms with Gasteiger partial charge in [-0.1, -0.05) is 63.5 Å². The van der Waals surface area contributed by atoms with E-state index in [2.05, 4.69) is 41.7 Å². The summed E-state index contributed by atoms with van der Waals surface area (Å²) in [6, 6.07) is 22.5. The normalized spacial score (nSPS) is 17.5. The zero-order valence-electron chi connectivity index (χ0n) is 24.9. The van der Waals surface area contributed by atoms with Crippen LogP contribution < -0.4 is 15.6 Å². The number of nitrogens with zero attached hydrogens (tertiary/aromatic N) is 5. The van der Waals surface area contributed by atoms with E-state index in [1.165, 1.54) is 0 Å². The first-order valence-corrected chi connectivity index (χ1v) is 15.3. The van der Waals surface area contributed by atoms with E-state index in [0.717, 1.165) is 34.1 Å². The average molecular weight is 665 g/mol. The van der Waals surface area contributed by atoms with Crippen molar-refractivity contribution in [1.29, 1.82) is 0 Å². The third-order valence-corrected chi connectivity index (χ3v) is 7.93. The molecule has 0 bridgehead atoms. The number of rotatable bonds is 16. The molecule has 1 aliphatic rings.